The highest BCUT2D eigenvalue weighted by Gasteiger charge is 2.38. The summed E-state index contributed by atoms with van der Waals surface area (Å²) >= 11 is 6.35. The summed E-state index contributed by atoms with van der Waals surface area (Å²) in [6.07, 6.45) is 0.0472. The van der Waals surface area contributed by atoms with E-state index in [0.717, 1.165) is 0 Å². The maximum absolute atomic E-state index is 12.9. The van der Waals surface area contributed by atoms with Gasteiger partial charge >= 0.3 is 5.97 Å². The highest BCUT2D eigenvalue weighted by Crippen LogP contribution is 2.39. The molecular formula is C21H25ClN2O5. The Morgan fingerprint density at radius 3 is 2.59 bits per heavy atom. The Morgan fingerprint density at radius 2 is 1.93 bits per heavy atom. The number of ether oxygens (including phenoxy) is 2. The third-order valence-corrected chi connectivity index (χ3v) is 5.60. The first-order chi connectivity index (χ1) is 13.9. The Labute approximate surface area is 175 Å². The fourth-order valence-corrected chi connectivity index (χ4v) is 4.02. The van der Waals surface area contributed by atoms with E-state index in [1.807, 2.05) is 6.07 Å². The monoisotopic (exact) mass is 420 g/mol. The first kappa shape index (κ1) is 21.3. The van der Waals surface area contributed by atoms with Crippen LogP contribution < -0.4 is 0 Å². The molecule has 0 saturated carbocycles. The standard InChI is InChI=1S/C21H25ClN2O5/c1-3-29-21(27)20-14(2)24(13-19(26)23-8-10-28-11-9-23)18(25)12-16(20)15-6-4-5-7-17(15)22/h4-7,16H,3,8-13H2,1-2H3. The van der Waals surface area contributed by atoms with Gasteiger partial charge in [0.15, 0.2) is 0 Å². The fraction of sp³-hybridized carbons (Fsp3) is 0.476. The number of hydrogen-bond donors (Lipinski definition) is 0. The second-order valence-corrected chi connectivity index (χ2v) is 7.38. The van der Waals surface area contributed by atoms with E-state index < -0.39 is 11.9 Å². The highest BCUT2D eigenvalue weighted by atomic mass is 35.5. The molecule has 1 unspecified atom stereocenters. The van der Waals surface area contributed by atoms with Crippen molar-refractivity contribution in [3.8, 4) is 0 Å². The van der Waals surface area contributed by atoms with Gasteiger partial charge in [0.05, 0.1) is 25.4 Å². The summed E-state index contributed by atoms with van der Waals surface area (Å²) in [4.78, 5) is 41.5. The zero-order valence-electron chi connectivity index (χ0n) is 16.7. The number of carbonyl (C=O) groups excluding carboxylic acids is 3. The lowest BCUT2D eigenvalue weighted by molar-refractivity contribution is -0.144. The quantitative estimate of drug-likeness (QED) is 0.683. The van der Waals surface area contributed by atoms with Crippen molar-refractivity contribution in [2.75, 3.05) is 39.5 Å². The van der Waals surface area contributed by atoms with Crippen LogP contribution >= 0.6 is 11.6 Å². The van der Waals surface area contributed by atoms with Gasteiger partial charge in [0.25, 0.3) is 0 Å². The number of hydrogen-bond acceptors (Lipinski definition) is 5. The van der Waals surface area contributed by atoms with E-state index in [9.17, 15) is 14.4 Å². The topological polar surface area (TPSA) is 76.2 Å². The maximum atomic E-state index is 12.9. The first-order valence-electron chi connectivity index (χ1n) is 9.72. The largest absolute Gasteiger partial charge is 0.463 e. The van der Waals surface area contributed by atoms with Gasteiger partial charge in [-0.3, -0.25) is 9.59 Å². The van der Waals surface area contributed by atoms with Gasteiger partial charge < -0.3 is 19.3 Å². The van der Waals surface area contributed by atoms with Crippen molar-refractivity contribution < 1.29 is 23.9 Å². The van der Waals surface area contributed by atoms with Gasteiger partial charge in [-0.15, -0.1) is 0 Å². The Morgan fingerprint density at radius 1 is 1.24 bits per heavy atom. The van der Waals surface area contributed by atoms with E-state index >= 15 is 0 Å². The zero-order chi connectivity index (χ0) is 21.0. The first-order valence-corrected chi connectivity index (χ1v) is 10.1. The predicted octanol–water partition coefficient (Wildman–Crippen LogP) is 2.35. The molecule has 1 aromatic rings. The molecule has 2 heterocycles. The van der Waals surface area contributed by atoms with Gasteiger partial charge in [0.2, 0.25) is 11.8 Å². The third-order valence-electron chi connectivity index (χ3n) is 5.26. The van der Waals surface area contributed by atoms with Gasteiger partial charge in [0, 0.05) is 36.1 Å². The normalized spacial score (nSPS) is 20.1. The van der Waals surface area contributed by atoms with E-state index in [0.29, 0.717) is 48.2 Å². The van der Waals surface area contributed by atoms with Crippen molar-refractivity contribution in [2.45, 2.75) is 26.2 Å². The Kier molecular flexibility index (Phi) is 6.92. The van der Waals surface area contributed by atoms with Crippen LogP contribution in [0.2, 0.25) is 5.02 Å². The second kappa shape index (κ2) is 9.41. The van der Waals surface area contributed by atoms with Crippen molar-refractivity contribution in [2.24, 2.45) is 0 Å². The minimum atomic E-state index is -0.509. The molecule has 1 fully saturated rings. The van der Waals surface area contributed by atoms with Crippen LogP contribution in [0.1, 0.15) is 31.7 Å². The summed E-state index contributed by atoms with van der Waals surface area (Å²) in [6.45, 7) is 5.47. The molecule has 29 heavy (non-hydrogen) atoms. The van der Waals surface area contributed by atoms with Crippen molar-refractivity contribution in [3.63, 3.8) is 0 Å². The molecule has 2 amide bonds. The molecule has 7 nitrogen and oxygen atoms in total. The molecule has 1 atom stereocenters. The van der Waals surface area contributed by atoms with E-state index in [1.54, 1.807) is 36.9 Å². The fourth-order valence-electron chi connectivity index (χ4n) is 3.75. The number of benzene rings is 1. The number of morpholine rings is 1. The number of amides is 2. The second-order valence-electron chi connectivity index (χ2n) is 6.97. The van der Waals surface area contributed by atoms with E-state index in [-0.39, 0.29) is 31.4 Å². The molecule has 1 aromatic carbocycles. The Balaban J connectivity index is 1.94. The molecule has 0 aliphatic carbocycles. The van der Waals surface area contributed by atoms with Crippen LogP contribution in [0.5, 0.6) is 0 Å². The summed E-state index contributed by atoms with van der Waals surface area (Å²) in [6, 6.07) is 7.15. The molecule has 0 spiro atoms. The minimum Gasteiger partial charge on any atom is -0.463 e. The molecule has 8 heteroatoms. The molecule has 3 rings (SSSR count). The van der Waals surface area contributed by atoms with Gasteiger partial charge in [0.1, 0.15) is 6.54 Å². The third kappa shape index (κ3) is 4.62. The van der Waals surface area contributed by atoms with Crippen LogP contribution in [0, 0.1) is 0 Å². The molecule has 0 aromatic heterocycles. The number of nitrogens with zero attached hydrogens (tertiary/aromatic N) is 2. The lowest BCUT2D eigenvalue weighted by Gasteiger charge is -2.36. The Bertz CT molecular complexity index is 832. The van der Waals surface area contributed by atoms with Crippen LogP contribution in [-0.2, 0) is 23.9 Å². The SMILES string of the molecule is CCOC(=O)C1=C(C)N(CC(=O)N2CCOCC2)C(=O)CC1c1ccccc1Cl. The van der Waals surface area contributed by atoms with Crippen molar-refractivity contribution >= 4 is 29.4 Å². The molecule has 0 bridgehead atoms. The van der Waals surface area contributed by atoms with Crippen molar-refractivity contribution in [3.05, 3.63) is 46.1 Å². The number of allylic oxidation sites excluding steroid dienone is 1. The summed E-state index contributed by atoms with van der Waals surface area (Å²) in [5.41, 5.74) is 1.50. The highest BCUT2D eigenvalue weighted by molar-refractivity contribution is 6.31. The van der Waals surface area contributed by atoms with E-state index in [4.69, 9.17) is 21.1 Å². The van der Waals surface area contributed by atoms with Crippen LogP contribution in [0.4, 0.5) is 0 Å². The van der Waals surface area contributed by atoms with Gasteiger partial charge in [-0.1, -0.05) is 29.8 Å². The summed E-state index contributed by atoms with van der Waals surface area (Å²) in [5, 5.41) is 0.484. The van der Waals surface area contributed by atoms with Gasteiger partial charge in [-0.25, -0.2) is 4.79 Å². The molecule has 156 valence electrons. The van der Waals surface area contributed by atoms with Crippen molar-refractivity contribution in [1.29, 1.82) is 0 Å². The Hall–Kier alpha value is -2.38. The average molecular weight is 421 g/mol. The van der Waals surface area contributed by atoms with E-state index in [2.05, 4.69) is 0 Å². The van der Waals surface area contributed by atoms with Crippen LogP contribution in [0.3, 0.4) is 0 Å². The summed E-state index contributed by atoms with van der Waals surface area (Å²) in [5.74, 6) is -1.39. The maximum Gasteiger partial charge on any atom is 0.336 e. The molecule has 0 radical (unpaired) electrons. The van der Waals surface area contributed by atoms with Crippen LogP contribution in [0.25, 0.3) is 0 Å². The molecule has 1 saturated heterocycles. The average Bonchev–Trinajstić information content (AvgIpc) is 2.71. The van der Waals surface area contributed by atoms with Crippen LogP contribution in [0.15, 0.2) is 35.5 Å². The smallest absolute Gasteiger partial charge is 0.336 e. The number of esters is 1. The van der Waals surface area contributed by atoms with Crippen LogP contribution in [-0.4, -0.2) is 67.0 Å². The molecule has 2 aliphatic rings. The molecule has 2 aliphatic heterocycles. The summed E-state index contributed by atoms with van der Waals surface area (Å²) in [7, 11) is 0. The number of halogens is 1. The van der Waals surface area contributed by atoms with Gasteiger partial charge in [-0.2, -0.15) is 0 Å². The van der Waals surface area contributed by atoms with Crippen molar-refractivity contribution in [1.82, 2.24) is 9.80 Å². The minimum absolute atomic E-state index is 0.0472. The van der Waals surface area contributed by atoms with Gasteiger partial charge in [-0.05, 0) is 25.5 Å². The van der Waals surface area contributed by atoms with E-state index in [1.165, 1.54) is 4.90 Å². The predicted molar refractivity (Wildman–Crippen MR) is 107 cm³/mol. The number of carbonyl (C=O) groups is 3. The lowest BCUT2D eigenvalue weighted by atomic mass is 9.83. The number of rotatable bonds is 5. The molecular weight excluding hydrogens is 396 g/mol. The zero-order valence-corrected chi connectivity index (χ0v) is 17.4. The summed E-state index contributed by atoms with van der Waals surface area (Å²) < 4.78 is 10.5. The molecule has 0 N–H and O–H groups in total. The lowest BCUT2D eigenvalue weighted by Crippen LogP contribution is -2.48.